The molecule has 1 rings (SSSR count). The summed E-state index contributed by atoms with van der Waals surface area (Å²) in [7, 11) is 0. The van der Waals surface area contributed by atoms with Crippen molar-refractivity contribution in [2.75, 3.05) is 0 Å². The minimum absolute atomic E-state index is 1.19. The van der Waals surface area contributed by atoms with Crippen LogP contribution in [0.25, 0.3) is 0 Å². The predicted octanol–water partition coefficient (Wildman–Crippen LogP) is 7.80. The zero-order valence-corrected chi connectivity index (χ0v) is 18.0. The average Bonchev–Trinajstić information content (AvgIpc) is 2.67. The minimum Gasteiger partial charge on any atom is -0.202 e. The van der Waals surface area contributed by atoms with Crippen molar-refractivity contribution in [3.63, 3.8) is 0 Å². The third kappa shape index (κ3) is 12.5. The van der Waals surface area contributed by atoms with E-state index in [1.165, 1.54) is 121 Å². The van der Waals surface area contributed by atoms with Crippen LogP contribution in [-0.2, 0) is 13.0 Å². The first-order chi connectivity index (χ1) is 12.9. The van der Waals surface area contributed by atoms with Crippen molar-refractivity contribution in [2.24, 2.45) is 0 Å². The first-order valence-corrected chi connectivity index (χ1v) is 11.9. The van der Waals surface area contributed by atoms with Crippen LogP contribution in [-0.4, -0.2) is 0 Å². The van der Waals surface area contributed by atoms with E-state index in [-0.39, 0.29) is 0 Å². The number of aromatic nitrogens is 1. The van der Waals surface area contributed by atoms with Crippen LogP contribution >= 0.6 is 0 Å². The molecule has 0 unspecified atom stereocenters. The fourth-order valence-electron chi connectivity index (χ4n) is 3.79. The zero-order valence-electron chi connectivity index (χ0n) is 18.0. The number of aryl methyl sites for hydroxylation is 2. The fraction of sp³-hybridized carbons (Fsp3) is 0.800. The van der Waals surface area contributed by atoms with Crippen LogP contribution in [0.5, 0.6) is 0 Å². The fourth-order valence-corrected chi connectivity index (χ4v) is 3.79. The van der Waals surface area contributed by atoms with E-state index in [0.29, 0.717) is 0 Å². The lowest BCUT2D eigenvalue weighted by Crippen LogP contribution is -2.37. The van der Waals surface area contributed by atoms with Gasteiger partial charge >= 0.3 is 0 Å². The van der Waals surface area contributed by atoms with Gasteiger partial charge in [-0.2, -0.15) is 0 Å². The topological polar surface area (TPSA) is 3.88 Å². The Balaban J connectivity index is 1.91. The van der Waals surface area contributed by atoms with Crippen LogP contribution in [0.2, 0.25) is 0 Å². The molecule has 0 bridgehead atoms. The van der Waals surface area contributed by atoms with Crippen LogP contribution in [0.1, 0.15) is 122 Å². The summed E-state index contributed by atoms with van der Waals surface area (Å²) in [6.45, 7) is 5.76. The highest BCUT2D eigenvalue weighted by molar-refractivity contribution is 4.97. The molecule has 1 nitrogen and oxygen atoms in total. The Bertz CT molecular complexity index is 412. The Labute approximate surface area is 164 Å². The Kier molecular flexibility index (Phi) is 15.7. The van der Waals surface area contributed by atoms with Crippen molar-refractivity contribution >= 4 is 0 Å². The van der Waals surface area contributed by atoms with Crippen LogP contribution in [0.4, 0.5) is 0 Å². The minimum atomic E-state index is 1.19. The second kappa shape index (κ2) is 17.6. The predicted molar refractivity (Wildman–Crippen MR) is 116 cm³/mol. The smallest absolute Gasteiger partial charge is 0.181 e. The number of nitrogens with zero attached hydrogens (tertiary/aromatic N) is 1. The quantitative estimate of drug-likeness (QED) is 0.186. The Hall–Kier alpha value is -0.850. The van der Waals surface area contributed by atoms with E-state index in [1.54, 1.807) is 0 Å². The molecule has 0 amide bonds. The third-order valence-corrected chi connectivity index (χ3v) is 5.57. The molecule has 0 atom stereocenters. The molecule has 0 radical (unpaired) electrons. The maximum atomic E-state index is 2.46. The SMILES string of the molecule is CCCCCCCCCCCCCCCCc1cccc[n+]1CCCC. The molecule has 0 fully saturated rings. The molecule has 150 valence electrons. The van der Waals surface area contributed by atoms with Gasteiger partial charge in [0.2, 0.25) is 0 Å². The molecule has 1 heteroatoms. The molecule has 0 spiro atoms. The first-order valence-electron chi connectivity index (χ1n) is 11.9. The van der Waals surface area contributed by atoms with Crippen molar-refractivity contribution in [3.8, 4) is 0 Å². The largest absolute Gasteiger partial charge is 0.202 e. The molecule has 0 saturated heterocycles. The van der Waals surface area contributed by atoms with Gasteiger partial charge < -0.3 is 0 Å². The Morgan fingerprint density at radius 1 is 0.577 bits per heavy atom. The standard InChI is InChI=1S/C25H46N/c1-3-5-7-8-9-10-11-12-13-14-15-16-17-18-21-25-22-19-20-24-26(25)23-6-4-2/h19-20,22,24H,3-18,21,23H2,1-2H3/q+1. The van der Waals surface area contributed by atoms with E-state index >= 15 is 0 Å². The summed E-state index contributed by atoms with van der Waals surface area (Å²) in [5.41, 5.74) is 1.53. The van der Waals surface area contributed by atoms with Crippen molar-refractivity contribution < 1.29 is 4.57 Å². The lowest BCUT2D eigenvalue weighted by Gasteiger charge is -2.04. The van der Waals surface area contributed by atoms with Crippen LogP contribution < -0.4 is 4.57 Å². The van der Waals surface area contributed by atoms with Gasteiger partial charge in [0.25, 0.3) is 0 Å². The zero-order chi connectivity index (χ0) is 18.7. The summed E-state index contributed by atoms with van der Waals surface area (Å²) in [6, 6.07) is 6.68. The third-order valence-electron chi connectivity index (χ3n) is 5.57. The highest BCUT2D eigenvalue weighted by atomic mass is 14.9. The van der Waals surface area contributed by atoms with E-state index in [1.807, 2.05) is 0 Å². The van der Waals surface area contributed by atoms with Gasteiger partial charge in [0.15, 0.2) is 11.9 Å². The van der Waals surface area contributed by atoms with Crippen molar-refractivity contribution in [3.05, 3.63) is 30.1 Å². The molecule has 0 aliphatic rings. The van der Waals surface area contributed by atoms with Crippen molar-refractivity contribution in [1.82, 2.24) is 0 Å². The van der Waals surface area contributed by atoms with E-state index in [9.17, 15) is 0 Å². The van der Waals surface area contributed by atoms with Crippen LogP contribution in [0, 0.1) is 0 Å². The maximum absolute atomic E-state index is 2.46. The van der Waals surface area contributed by atoms with Gasteiger partial charge in [-0.3, -0.25) is 0 Å². The second-order valence-electron chi connectivity index (χ2n) is 8.09. The highest BCUT2D eigenvalue weighted by Crippen LogP contribution is 2.13. The van der Waals surface area contributed by atoms with Gasteiger partial charge in [0.1, 0.15) is 6.54 Å². The average molecular weight is 361 g/mol. The molecular weight excluding hydrogens is 314 g/mol. The Morgan fingerprint density at radius 2 is 1.08 bits per heavy atom. The summed E-state index contributed by atoms with van der Waals surface area (Å²) in [6.07, 6.45) is 26.2. The van der Waals surface area contributed by atoms with E-state index in [0.717, 1.165) is 0 Å². The van der Waals surface area contributed by atoms with Gasteiger partial charge in [-0.1, -0.05) is 110 Å². The summed E-state index contributed by atoms with van der Waals surface area (Å²) in [4.78, 5) is 0. The van der Waals surface area contributed by atoms with Gasteiger partial charge in [-0.25, -0.2) is 4.57 Å². The Morgan fingerprint density at radius 3 is 1.62 bits per heavy atom. The summed E-state index contributed by atoms with van der Waals surface area (Å²) < 4.78 is 2.46. The van der Waals surface area contributed by atoms with E-state index in [2.05, 4.69) is 42.8 Å². The number of rotatable bonds is 18. The molecule has 0 aliphatic carbocycles. The molecule has 0 aromatic carbocycles. The number of unbranched alkanes of at least 4 members (excludes halogenated alkanes) is 14. The molecule has 1 heterocycles. The van der Waals surface area contributed by atoms with E-state index < -0.39 is 0 Å². The number of hydrogen-bond donors (Lipinski definition) is 0. The molecule has 0 saturated carbocycles. The van der Waals surface area contributed by atoms with Crippen LogP contribution in [0.15, 0.2) is 24.4 Å². The van der Waals surface area contributed by atoms with Crippen molar-refractivity contribution in [2.45, 2.75) is 130 Å². The van der Waals surface area contributed by atoms with E-state index in [4.69, 9.17) is 0 Å². The molecule has 0 aliphatic heterocycles. The van der Waals surface area contributed by atoms with Gasteiger partial charge in [0, 0.05) is 25.0 Å². The van der Waals surface area contributed by atoms with Crippen LogP contribution in [0.3, 0.4) is 0 Å². The normalized spacial score (nSPS) is 11.2. The molecule has 0 N–H and O–H groups in total. The summed E-state index contributed by atoms with van der Waals surface area (Å²) in [5, 5.41) is 0. The molecule has 1 aromatic rings. The molecule has 26 heavy (non-hydrogen) atoms. The second-order valence-corrected chi connectivity index (χ2v) is 8.09. The highest BCUT2D eigenvalue weighted by Gasteiger charge is 2.08. The van der Waals surface area contributed by atoms with Gasteiger partial charge in [-0.15, -0.1) is 0 Å². The lowest BCUT2D eigenvalue weighted by molar-refractivity contribution is -0.704. The van der Waals surface area contributed by atoms with Crippen molar-refractivity contribution in [1.29, 1.82) is 0 Å². The monoisotopic (exact) mass is 360 g/mol. The molecular formula is C25H46N+. The summed E-state index contributed by atoms with van der Waals surface area (Å²) >= 11 is 0. The molecule has 1 aromatic heterocycles. The first kappa shape index (κ1) is 23.2. The number of pyridine rings is 1. The summed E-state index contributed by atoms with van der Waals surface area (Å²) in [5.74, 6) is 0. The van der Waals surface area contributed by atoms with Gasteiger partial charge in [-0.05, 0) is 6.42 Å². The number of hydrogen-bond acceptors (Lipinski definition) is 0. The van der Waals surface area contributed by atoms with Gasteiger partial charge in [0.05, 0.1) is 0 Å². The lowest BCUT2D eigenvalue weighted by atomic mass is 10.0. The maximum Gasteiger partial charge on any atom is 0.181 e.